The fourth-order valence-electron chi connectivity index (χ4n) is 1.60. The number of nitrogens with one attached hydrogen (secondary N) is 1. The predicted octanol–water partition coefficient (Wildman–Crippen LogP) is 2.71. The standard InChI is InChI=1S/C11H14BrNO/c1-2-10-7-13-6-8-3-4-9(12)5-11(8)14-10/h3-5,10,13H,2,6-7H2,1H3. The molecule has 0 aromatic heterocycles. The largest absolute Gasteiger partial charge is 0.489 e. The van der Waals surface area contributed by atoms with Crippen molar-refractivity contribution in [3.05, 3.63) is 28.2 Å². The van der Waals surface area contributed by atoms with Gasteiger partial charge in [0.05, 0.1) is 0 Å². The van der Waals surface area contributed by atoms with Crippen molar-refractivity contribution in [2.75, 3.05) is 6.54 Å². The molecule has 0 amide bonds. The van der Waals surface area contributed by atoms with E-state index in [-0.39, 0.29) is 0 Å². The summed E-state index contributed by atoms with van der Waals surface area (Å²) in [7, 11) is 0. The van der Waals surface area contributed by atoms with E-state index in [0.29, 0.717) is 6.10 Å². The summed E-state index contributed by atoms with van der Waals surface area (Å²) in [4.78, 5) is 0. The van der Waals surface area contributed by atoms with Crippen molar-refractivity contribution < 1.29 is 4.74 Å². The number of hydrogen-bond acceptors (Lipinski definition) is 2. The number of rotatable bonds is 1. The van der Waals surface area contributed by atoms with Gasteiger partial charge in [-0.1, -0.05) is 28.9 Å². The van der Waals surface area contributed by atoms with E-state index < -0.39 is 0 Å². The molecule has 1 aromatic carbocycles. The van der Waals surface area contributed by atoms with Gasteiger partial charge in [-0.3, -0.25) is 0 Å². The van der Waals surface area contributed by atoms with Crippen LogP contribution in [0.5, 0.6) is 5.75 Å². The average Bonchev–Trinajstić information content (AvgIpc) is 2.38. The summed E-state index contributed by atoms with van der Waals surface area (Å²) in [5, 5.41) is 3.38. The maximum absolute atomic E-state index is 5.89. The van der Waals surface area contributed by atoms with Crippen LogP contribution < -0.4 is 10.1 Å². The number of benzene rings is 1. The molecule has 76 valence electrons. The van der Waals surface area contributed by atoms with E-state index in [1.54, 1.807) is 0 Å². The minimum absolute atomic E-state index is 0.297. The first-order valence-electron chi connectivity index (χ1n) is 4.95. The van der Waals surface area contributed by atoms with Crippen LogP contribution in [-0.4, -0.2) is 12.6 Å². The van der Waals surface area contributed by atoms with Crippen LogP contribution in [-0.2, 0) is 6.54 Å². The van der Waals surface area contributed by atoms with E-state index in [9.17, 15) is 0 Å². The Kier molecular flexibility index (Phi) is 3.08. The summed E-state index contributed by atoms with van der Waals surface area (Å²) in [6, 6.07) is 6.20. The summed E-state index contributed by atoms with van der Waals surface area (Å²) in [5.41, 5.74) is 1.24. The third kappa shape index (κ3) is 2.10. The van der Waals surface area contributed by atoms with Crippen LogP contribution >= 0.6 is 15.9 Å². The molecule has 3 heteroatoms. The Hall–Kier alpha value is -0.540. The van der Waals surface area contributed by atoms with Crippen molar-refractivity contribution in [2.24, 2.45) is 0 Å². The van der Waals surface area contributed by atoms with Gasteiger partial charge in [0.25, 0.3) is 0 Å². The number of ether oxygens (including phenoxy) is 1. The first-order chi connectivity index (χ1) is 6.79. The molecule has 0 radical (unpaired) electrons. The maximum Gasteiger partial charge on any atom is 0.125 e. The minimum Gasteiger partial charge on any atom is -0.489 e. The van der Waals surface area contributed by atoms with Crippen LogP contribution in [0.15, 0.2) is 22.7 Å². The third-order valence-electron chi connectivity index (χ3n) is 2.47. The van der Waals surface area contributed by atoms with Gasteiger partial charge in [0.1, 0.15) is 11.9 Å². The number of halogens is 1. The predicted molar refractivity (Wildman–Crippen MR) is 60.6 cm³/mol. The zero-order valence-electron chi connectivity index (χ0n) is 8.22. The fraction of sp³-hybridized carbons (Fsp3) is 0.455. The van der Waals surface area contributed by atoms with Crippen LogP contribution in [0.1, 0.15) is 18.9 Å². The molecule has 0 spiro atoms. The van der Waals surface area contributed by atoms with Crippen molar-refractivity contribution in [3.8, 4) is 5.75 Å². The second-order valence-corrected chi connectivity index (χ2v) is 4.45. The molecule has 1 N–H and O–H groups in total. The highest BCUT2D eigenvalue weighted by Crippen LogP contribution is 2.26. The van der Waals surface area contributed by atoms with Crippen molar-refractivity contribution >= 4 is 15.9 Å². The third-order valence-corrected chi connectivity index (χ3v) is 2.96. The molecule has 14 heavy (non-hydrogen) atoms. The summed E-state index contributed by atoms with van der Waals surface area (Å²) < 4.78 is 6.97. The highest BCUT2D eigenvalue weighted by molar-refractivity contribution is 9.10. The van der Waals surface area contributed by atoms with Crippen molar-refractivity contribution in [3.63, 3.8) is 0 Å². The van der Waals surface area contributed by atoms with Gasteiger partial charge in [-0.05, 0) is 18.6 Å². The van der Waals surface area contributed by atoms with Gasteiger partial charge in [0, 0.05) is 23.1 Å². The zero-order valence-corrected chi connectivity index (χ0v) is 9.80. The zero-order chi connectivity index (χ0) is 9.97. The molecule has 1 heterocycles. The topological polar surface area (TPSA) is 21.3 Å². The van der Waals surface area contributed by atoms with Crippen LogP contribution in [0, 0.1) is 0 Å². The Morgan fingerprint density at radius 1 is 1.57 bits per heavy atom. The van der Waals surface area contributed by atoms with Crippen molar-refractivity contribution in [1.82, 2.24) is 5.32 Å². The normalized spacial score (nSPS) is 20.9. The minimum atomic E-state index is 0.297. The van der Waals surface area contributed by atoms with E-state index >= 15 is 0 Å². The van der Waals surface area contributed by atoms with Gasteiger partial charge in [0.2, 0.25) is 0 Å². The first kappa shape index (κ1) is 9.99. The molecule has 0 saturated heterocycles. The number of fused-ring (bicyclic) bond motifs is 1. The summed E-state index contributed by atoms with van der Waals surface area (Å²) in [6.07, 6.45) is 1.34. The molecular weight excluding hydrogens is 242 g/mol. The lowest BCUT2D eigenvalue weighted by atomic mass is 10.2. The molecule has 0 aliphatic carbocycles. The van der Waals surface area contributed by atoms with Gasteiger partial charge in [-0.25, -0.2) is 0 Å². The van der Waals surface area contributed by atoms with Gasteiger partial charge in [-0.2, -0.15) is 0 Å². The van der Waals surface area contributed by atoms with E-state index in [1.807, 2.05) is 6.07 Å². The van der Waals surface area contributed by atoms with Crippen LogP contribution in [0.2, 0.25) is 0 Å². The quantitative estimate of drug-likeness (QED) is 0.834. The maximum atomic E-state index is 5.89. The molecule has 1 aliphatic heterocycles. The molecule has 1 atom stereocenters. The molecule has 1 aliphatic rings. The molecule has 1 aromatic rings. The highest BCUT2D eigenvalue weighted by atomic mass is 79.9. The summed E-state index contributed by atoms with van der Waals surface area (Å²) >= 11 is 3.46. The van der Waals surface area contributed by atoms with Crippen LogP contribution in [0.3, 0.4) is 0 Å². The molecule has 0 saturated carbocycles. The monoisotopic (exact) mass is 255 g/mol. The molecule has 0 bridgehead atoms. The van der Waals surface area contributed by atoms with Crippen LogP contribution in [0.25, 0.3) is 0 Å². The van der Waals surface area contributed by atoms with Gasteiger partial charge in [-0.15, -0.1) is 0 Å². The second kappa shape index (κ2) is 4.32. The van der Waals surface area contributed by atoms with Gasteiger partial charge < -0.3 is 10.1 Å². The SMILES string of the molecule is CCC1CNCc2ccc(Br)cc2O1. The average molecular weight is 256 g/mol. The van der Waals surface area contributed by atoms with Gasteiger partial charge in [0.15, 0.2) is 0 Å². The van der Waals surface area contributed by atoms with Crippen molar-refractivity contribution in [2.45, 2.75) is 26.0 Å². The molecular formula is C11H14BrNO. The Bertz CT molecular complexity index is 327. The van der Waals surface area contributed by atoms with Crippen molar-refractivity contribution in [1.29, 1.82) is 0 Å². The molecule has 1 unspecified atom stereocenters. The summed E-state index contributed by atoms with van der Waals surface area (Å²) in [5.74, 6) is 1.01. The van der Waals surface area contributed by atoms with E-state index in [1.165, 1.54) is 5.56 Å². The Labute approximate surface area is 92.8 Å². The first-order valence-corrected chi connectivity index (χ1v) is 5.74. The Morgan fingerprint density at radius 2 is 2.43 bits per heavy atom. The molecule has 0 fully saturated rings. The van der Waals surface area contributed by atoms with Gasteiger partial charge >= 0.3 is 0 Å². The van der Waals surface area contributed by atoms with E-state index in [4.69, 9.17) is 4.74 Å². The highest BCUT2D eigenvalue weighted by Gasteiger charge is 2.15. The van der Waals surface area contributed by atoms with E-state index in [0.717, 1.165) is 29.7 Å². The lowest BCUT2D eigenvalue weighted by Gasteiger charge is -2.15. The Balaban J connectivity index is 2.28. The summed E-state index contributed by atoms with van der Waals surface area (Å²) in [6.45, 7) is 3.98. The smallest absolute Gasteiger partial charge is 0.125 e. The lowest BCUT2D eigenvalue weighted by molar-refractivity contribution is 0.202. The Morgan fingerprint density at radius 3 is 3.21 bits per heavy atom. The van der Waals surface area contributed by atoms with E-state index in [2.05, 4.69) is 40.3 Å². The molecule has 2 rings (SSSR count). The number of hydrogen-bond donors (Lipinski definition) is 1. The van der Waals surface area contributed by atoms with Crippen LogP contribution in [0.4, 0.5) is 0 Å². The lowest BCUT2D eigenvalue weighted by Crippen LogP contribution is -2.27. The fourth-order valence-corrected chi connectivity index (χ4v) is 1.94. The molecule has 2 nitrogen and oxygen atoms in total. The second-order valence-electron chi connectivity index (χ2n) is 3.53.